The molecule has 0 radical (unpaired) electrons. The number of hydrogen-bond acceptors (Lipinski definition) is 5. The largest absolute Gasteiger partial charge is 0.393 e. The molecule has 0 saturated heterocycles. The number of nitrogens with zero attached hydrogens (tertiary/aromatic N) is 1. The maximum atomic E-state index is 11.7. The van der Waals surface area contributed by atoms with Crippen molar-refractivity contribution < 1.29 is 14.5 Å². The van der Waals surface area contributed by atoms with Crippen molar-refractivity contribution in [3.63, 3.8) is 0 Å². The SMILES string of the molecule is NC(=O)CCCNC(=O)c1ccc([N+](=O)[O-])c(N)c1. The minimum Gasteiger partial charge on any atom is -0.393 e. The van der Waals surface area contributed by atoms with Crippen LogP contribution in [0.3, 0.4) is 0 Å². The van der Waals surface area contributed by atoms with E-state index in [2.05, 4.69) is 5.32 Å². The molecule has 0 aromatic heterocycles. The van der Waals surface area contributed by atoms with Crippen LogP contribution in [-0.2, 0) is 4.79 Å². The quantitative estimate of drug-likeness (QED) is 0.291. The Morgan fingerprint density at radius 1 is 1.37 bits per heavy atom. The lowest BCUT2D eigenvalue weighted by molar-refractivity contribution is -0.383. The summed E-state index contributed by atoms with van der Waals surface area (Å²) in [6.45, 7) is 0.290. The van der Waals surface area contributed by atoms with E-state index in [0.717, 1.165) is 0 Å². The second-order valence-electron chi connectivity index (χ2n) is 3.86. The van der Waals surface area contributed by atoms with Gasteiger partial charge in [0, 0.05) is 24.6 Å². The lowest BCUT2D eigenvalue weighted by Gasteiger charge is -2.05. The van der Waals surface area contributed by atoms with Gasteiger partial charge in [0.15, 0.2) is 0 Å². The zero-order chi connectivity index (χ0) is 14.4. The van der Waals surface area contributed by atoms with Crippen LogP contribution in [0, 0.1) is 10.1 Å². The summed E-state index contributed by atoms with van der Waals surface area (Å²) in [4.78, 5) is 32.1. The van der Waals surface area contributed by atoms with E-state index in [9.17, 15) is 19.7 Å². The van der Waals surface area contributed by atoms with Crippen molar-refractivity contribution in [1.29, 1.82) is 0 Å². The number of hydrogen-bond donors (Lipinski definition) is 3. The first kappa shape index (κ1) is 14.4. The first-order chi connectivity index (χ1) is 8.91. The van der Waals surface area contributed by atoms with Gasteiger partial charge in [-0.15, -0.1) is 0 Å². The van der Waals surface area contributed by atoms with Gasteiger partial charge in [0.1, 0.15) is 5.69 Å². The lowest BCUT2D eigenvalue weighted by atomic mass is 10.1. The first-order valence-corrected chi connectivity index (χ1v) is 5.52. The van der Waals surface area contributed by atoms with E-state index in [0.29, 0.717) is 13.0 Å². The molecule has 2 amide bonds. The van der Waals surface area contributed by atoms with Crippen LogP contribution < -0.4 is 16.8 Å². The third-order valence-electron chi connectivity index (χ3n) is 2.37. The second kappa shape index (κ2) is 6.34. The van der Waals surface area contributed by atoms with E-state index in [4.69, 9.17) is 11.5 Å². The number of nitrogens with one attached hydrogen (secondary N) is 1. The molecular formula is C11H14N4O4. The van der Waals surface area contributed by atoms with Crippen LogP contribution in [0.1, 0.15) is 23.2 Å². The maximum absolute atomic E-state index is 11.7. The summed E-state index contributed by atoms with van der Waals surface area (Å²) in [5.74, 6) is -0.847. The third kappa shape index (κ3) is 4.26. The van der Waals surface area contributed by atoms with Crippen LogP contribution in [0.2, 0.25) is 0 Å². The van der Waals surface area contributed by atoms with E-state index in [1.165, 1.54) is 18.2 Å². The summed E-state index contributed by atoms with van der Waals surface area (Å²) >= 11 is 0. The molecule has 5 N–H and O–H groups in total. The number of nitro groups is 1. The monoisotopic (exact) mass is 266 g/mol. The smallest absolute Gasteiger partial charge is 0.292 e. The van der Waals surface area contributed by atoms with Gasteiger partial charge < -0.3 is 16.8 Å². The number of nitrogen functional groups attached to an aromatic ring is 1. The minimum atomic E-state index is -0.621. The molecule has 0 spiro atoms. The van der Waals surface area contributed by atoms with Crippen LogP contribution in [-0.4, -0.2) is 23.3 Å². The van der Waals surface area contributed by atoms with Gasteiger partial charge in [-0.1, -0.05) is 0 Å². The van der Waals surface area contributed by atoms with Crippen molar-refractivity contribution in [2.75, 3.05) is 12.3 Å². The van der Waals surface area contributed by atoms with Crippen molar-refractivity contribution in [1.82, 2.24) is 5.32 Å². The van der Waals surface area contributed by atoms with Crippen molar-refractivity contribution in [2.45, 2.75) is 12.8 Å². The van der Waals surface area contributed by atoms with Crippen LogP contribution in [0.4, 0.5) is 11.4 Å². The summed E-state index contributed by atoms with van der Waals surface area (Å²) < 4.78 is 0. The van der Waals surface area contributed by atoms with E-state index in [1.807, 2.05) is 0 Å². The highest BCUT2D eigenvalue weighted by molar-refractivity contribution is 5.95. The highest BCUT2D eigenvalue weighted by atomic mass is 16.6. The molecule has 0 heterocycles. The lowest BCUT2D eigenvalue weighted by Crippen LogP contribution is -2.25. The number of carbonyl (C=O) groups is 2. The third-order valence-corrected chi connectivity index (χ3v) is 2.37. The number of primary amides is 1. The highest BCUT2D eigenvalue weighted by Gasteiger charge is 2.14. The number of rotatable bonds is 6. The molecule has 1 aromatic rings. The molecule has 8 nitrogen and oxygen atoms in total. The van der Waals surface area contributed by atoms with Gasteiger partial charge in [0.25, 0.3) is 11.6 Å². The van der Waals surface area contributed by atoms with Crippen LogP contribution in [0.5, 0.6) is 0 Å². The van der Waals surface area contributed by atoms with Crippen LogP contribution >= 0.6 is 0 Å². The molecule has 1 rings (SSSR count). The highest BCUT2D eigenvalue weighted by Crippen LogP contribution is 2.21. The summed E-state index contributed by atoms with van der Waals surface area (Å²) in [5.41, 5.74) is 10.3. The summed E-state index contributed by atoms with van der Waals surface area (Å²) in [7, 11) is 0. The number of benzene rings is 1. The standard InChI is InChI=1S/C11H14N4O4/c12-8-6-7(3-4-9(8)15(18)19)11(17)14-5-1-2-10(13)16/h3-4,6H,1-2,5,12H2,(H2,13,16)(H,14,17). The number of nitrogens with two attached hydrogens (primary N) is 2. The Bertz CT molecular complexity index is 515. The summed E-state index contributed by atoms with van der Waals surface area (Å²) in [6.07, 6.45) is 0.617. The second-order valence-corrected chi connectivity index (χ2v) is 3.86. The van der Waals surface area contributed by atoms with Crippen LogP contribution in [0.15, 0.2) is 18.2 Å². The maximum Gasteiger partial charge on any atom is 0.292 e. The number of anilines is 1. The van der Waals surface area contributed by atoms with E-state index < -0.39 is 16.7 Å². The molecule has 1 aromatic carbocycles. The molecule has 19 heavy (non-hydrogen) atoms. The molecule has 0 fully saturated rings. The predicted molar refractivity (Wildman–Crippen MR) is 68.3 cm³/mol. The van der Waals surface area contributed by atoms with Crippen molar-refractivity contribution in [3.05, 3.63) is 33.9 Å². The normalized spacial score (nSPS) is 9.89. The van der Waals surface area contributed by atoms with Gasteiger partial charge in [-0.2, -0.15) is 0 Å². The van der Waals surface area contributed by atoms with Gasteiger partial charge in [-0.05, 0) is 18.6 Å². The Morgan fingerprint density at radius 3 is 2.58 bits per heavy atom. The zero-order valence-corrected chi connectivity index (χ0v) is 10.1. The van der Waals surface area contributed by atoms with Crippen LogP contribution in [0.25, 0.3) is 0 Å². The molecule has 0 saturated carbocycles. The fourth-order valence-corrected chi connectivity index (χ4v) is 1.43. The fourth-order valence-electron chi connectivity index (χ4n) is 1.43. The number of amides is 2. The van der Waals surface area contributed by atoms with Gasteiger partial charge in [0.05, 0.1) is 4.92 Å². The molecule has 8 heteroatoms. The number of carbonyl (C=O) groups excluding carboxylic acids is 2. The Kier molecular flexibility index (Phi) is 4.81. The average molecular weight is 266 g/mol. The van der Waals surface area contributed by atoms with Gasteiger partial charge >= 0.3 is 0 Å². The van der Waals surface area contributed by atoms with Crippen molar-refractivity contribution in [2.24, 2.45) is 5.73 Å². The topological polar surface area (TPSA) is 141 Å². The Labute approximate surface area is 108 Å². The molecular weight excluding hydrogens is 252 g/mol. The van der Waals surface area contributed by atoms with Gasteiger partial charge in [-0.25, -0.2) is 0 Å². The molecule has 0 bridgehead atoms. The van der Waals surface area contributed by atoms with E-state index >= 15 is 0 Å². The Balaban J connectivity index is 2.60. The Hall–Kier alpha value is -2.64. The van der Waals surface area contributed by atoms with E-state index in [-0.39, 0.29) is 23.4 Å². The van der Waals surface area contributed by atoms with Gasteiger partial charge in [0.2, 0.25) is 5.91 Å². The molecule has 102 valence electrons. The van der Waals surface area contributed by atoms with Crippen molar-refractivity contribution >= 4 is 23.2 Å². The molecule has 0 unspecified atom stereocenters. The van der Waals surface area contributed by atoms with E-state index in [1.54, 1.807) is 0 Å². The predicted octanol–water partition coefficient (Wildman–Crippen LogP) is 0.172. The average Bonchev–Trinajstić information content (AvgIpc) is 2.33. The van der Waals surface area contributed by atoms with Crippen molar-refractivity contribution in [3.8, 4) is 0 Å². The zero-order valence-electron chi connectivity index (χ0n) is 10.1. The molecule has 0 aliphatic heterocycles. The fraction of sp³-hybridized carbons (Fsp3) is 0.273. The number of nitro benzene ring substituents is 1. The molecule has 0 aliphatic rings. The summed E-state index contributed by atoms with van der Waals surface area (Å²) in [6, 6.07) is 3.73. The first-order valence-electron chi connectivity index (χ1n) is 5.52. The molecule has 0 aliphatic carbocycles. The van der Waals surface area contributed by atoms with Gasteiger partial charge in [-0.3, -0.25) is 19.7 Å². The minimum absolute atomic E-state index is 0.0743. The Morgan fingerprint density at radius 2 is 2.05 bits per heavy atom. The summed E-state index contributed by atoms with van der Waals surface area (Å²) in [5, 5.41) is 13.1. The molecule has 0 atom stereocenters.